The molecular formula is C20H29N5O5S. The van der Waals surface area contributed by atoms with Gasteiger partial charge in [-0.3, -0.25) is 4.79 Å². The van der Waals surface area contributed by atoms with E-state index in [1.54, 1.807) is 13.8 Å². The number of carbonyl (C=O) groups excluding carboxylic acids is 1. The third-order valence-corrected chi connectivity index (χ3v) is 8.06. The summed E-state index contributed by atoms with van der Waals surface area (Å²) >= 11 is 0. The summed E-state index contributed by atoms with van der Waals surface area (Å²) < 4.78 is 38.1. The molecule has 2 aromatic heterocycles. The molecule has 0 radical (unpaired) electrons. The molecule has 0 aromatic carbocycles. The molecule has 1 saturated heterocycles. The Hall–Kier alpha value is -2.27. The third-order valence-electron chi connectivity index (χ3n) is 5.95. The monoisotopic (exact) mass is 451 g/mol. The molecular weight excluding hydrogens is 422 g/mol. The Balaban J connectivity index is 1.47. The first-order chi connectivity index (χ1) is 14.7. The Bertz CT molecular complexity index is 1040. The number of rotatable bonds is 7. The minimum Gasteiger partial charge on any atom is -0.360 e. The normalized spacial score (nSPS) is 21.4. The Kier molecular flexibility index (Phi) is 5.91. The van der Waals surface area contributed by atoms with Crippen LogP contribution in [0.4, 0.5) is 0 Å². The van der Waals surface area contributed by atoms with Crippen LogP contribution < -0.4 is 5.32 Å². The van der Waals surface area contributed by atoms with Crippen molar-refractivity contribution in [3.05, 3.63) is 23.2 Å². The maximum Gasteiger partial charge on any atom is 0.249 e. The van der Waals surface area contributed by atoms with Crippen LogP contribution in [-0.2, 0) is 14.8 Å². The Morgan fingerprint density at radius 1 is 1.16 bits per heavy atom. The predicted molar refractivity (Wildman–Crippen MR) is 109 cm³/mol. The number of aromatic nitrogens is 3. The highest BCUT2D eigenvalue weighted by molar-refractivity contribution is 7.89. The first kappa shape index (κ1) is 21.9. The minimum absolute atomic E-state index is 0.0437. The number of sulfonamides is 1. The van der Waals surface area contributed by atoms with Crippen LogP contribution in [0.1, 0.15) is 74.7 Å². The van der Waals surface area contributed by atoms with E-state index < -0.39 is 22.0 Å². The Labute approximate surface area is 181 Å². The van der Waals surface area contributed by atoms with E-state index in [4.69, 9.17) is 9.05 Å². The van der Waals surface area contributed by atoms with Crippen molar-refractivity contribution in [2.24, 2.45) is 11.8 Å². The van der Waals surface area contributed by atoms with E-state index in [1.165, 1.54) is 4.31 Å². The lowest BCUT2D eigenvalue weighted by molar-refractivity contribution is -0.127. The summed E-state index contributed by atoms with van der Waals surface area (Å²) in [5.41, 5.74) is 0.326. The van der Waals surface area contributed by atoms with E-state index >= 15 is 0 Å². The first-order valence-corrected chi connectivity index (χ1v) is 12.2. The molecule has 2 aliphatic rings. The summed E-state index contributed by atoms with van der Waals surface area (Å²) in [5.74, 6) is 1.10. The van der Waals surface area contributed by atoms with Gasteiger partial charge >= 0.3 is 0 Å². The second-order valence-corrected chi connectivity index (χ2v) is 10.7. The maximum absolute atomic E-state index is 13.1. The minimum atomic E-state index is -3.79. The van der Waals surface area contributed by atoms with Gasteiger partial charge in [0, 0.05) is 19.0 Å². The van der Waals surface area contributed by atoms with Gasteiger partial charge in [-0.15, -0.1) is 0 Å². The van der Waals surface area contributed by atoms with Crippen molar-refractivity contribution < 1.29 is 22.3 Å². The zero-order valence-electron chi connectivity index (χ0n) is 18.3. The number of aryl methyl sites for hydroxylation is 2. The highest BCUT2D eigenvalue weighted by atomic mass is 32.2. The van der Waals surface area contributed by atoms with Crippen molar-refractivity contribution in [3.63, 3.8) is 0 Å². The van der Waals surface area contributed by atoms with Crippen molar-refractivity contribution in [3.8, 4) is 0 Å². The zero-order chi connectivity index (χ0) is 22.3. The predicted octanol–water partition coefficient (Wildman–Crippen LogP) is 2.47. The molecule has 0 bridgehead atoms. The second kappa shape index (κ2) is 8.34. The summed E-state index contributed by atoms with van der Waals surface area (Å²) in [5, 5.41) is 10.8. The van der Waals surface area contributed by atoms with Crippen LogP contribution in [0.3, 0.4) is 0 Å². The lowest BCUT2D eigenvalue weighted by atomic mass is 9.97. The summed E-state index contributed by atoms with van der Waals surface area (Å²) in [4.78, 5) is 17.7. The van der Waals surface area contributed by atoms with E-state index in [0.29, 0.717) is 42.7 Å². The molecule has 1 N–H and O–H groups in total. The molecule has 1 aliphatic heterocycles. The molecule has 2 fully saturated rings. The Morgan fingerprint density at radius 3 is 2.52 bits per heavy atom. The lowest BCUT2D eigenvalue weighted by Crippen LogP contribution is -2.46. The average molecular weight is 452 g/mol. The fraction of sp³-hybridized carbons (Fsp3) is 0.700. The smallest absolute Gasteiger partial charge is 0.249 e. The van der Waals surface area contributed by atoms with Crippen molar-refractivity contribution in [2.45, 2.75) is 70.2 Å². The summed E-state index contributed by atoms with van der Waals surface area (Å²) in [6.45, 7) is 7.60. The first-order valence-electron chi connectivity index (χ1n) is 10.8. The summed E-state index contributed by atoms with van der Waals surface area (Å²) in [6.07, 6.45) is 3.34. The molecule has 2 unspecified atom stereocenters. The zero-order valence-corrected chi connectivity index (χ0v) is 19.1. The van der Waals surface area contributed by atoms with Gasteiger partial charge in [-0.25, -0.2) is 8.42 Å². The molecule has 1 aliphatic carbocycles. The van der Waals surface area contributed by atoms with Crippen LogP contribution in [0.15, 0.2) is 13.9 Å². The van der Waals surface area contributed by atoms with Gasteiger partial charge in [-0.2, -0.15) is 9.29 Å². The van der Waals surface area contributed by atoms with Crippen LogP contribution in [-0.4, -0.2) is 47.0 Å². The molecule has 11 heteroatoms. The maximum atomic E-state index is 13.1. The van der Waals surface area contributed by atoms with Gasteiger partial charge in [0.25, 0.3) is 0 Å². The van der Waals surface area contributed by atoms with Gasteiger partial charge in [0.05, 0.1) is 5.92 Å². The number of nitrogens with one attached hydrogen (secondary N) is 1. The van der Waals surface area contributed by atoms with E-state index in [9.17, 15) is 13.2 Å². The van der Waals surface area contributed by atoms with Crippen LogP contribution in [0.5, 0.6) is 0 Å². The summed E-state index contributed by atoms with van der Waals surface area (Å²) in [6, 6.07) is -0.415. The lowest BCUT2D eigenvalue weighted by Gasteiger charge is -2.32. The molecule has 10 nitrogen and oxygen atoms in total. The Morgan fingerprint density at radius 2 is 1.90 bits per heavy atom. The van der Waals surface area contributed by atoms with Crippen LogP contribution in [0.2, 0.25) is 0 Å². The van der Waals surface area contributed by atoms with Crippen LogP contribution >= 0.6 is 0 Å². The van der Waals surface area contributed by atoms with E-state index in [-0.39, 0.29) is 29.0 Å². The largest absolute Gasteiger partial charge is 0.360 e. The number of nitrogens with zero attached hydrogens (tertiary/aromatic N) is 4. The molecule has 1 saturated carbocycles. The van der Waals surface area contributed by atoms with E-state index in [1.807, 2.05) is 13.8 Å². The van der Waals surface area contributed by atoms with Crippen molar-refractivity contribution in [1.82, 2.24) is 24.9 Å². The van der Waals surface area contributed by atoms with Gasteiger partial charge in [0.15, 0.2) is 11.6 Å². The fourth-order valence-corrected chi connectivity index (χ4v) is 5.83. The van der Waals surface area contributed by atoms with Crippen molar-refractivity contribution >= 4 is 15.9 Å². The van der Waals surface area contributed by atoms with Gasteiger partial charge in [-0.1, -0.05) is 24.2 Å². The van der Waals surface area contributed by atoms with Gasteiger partial charge in [0.2, 0.25) is 21.8 Å². The standard InChI is InChI=1S/C20H29N5O5S/c1-11(2)16(20-22-18(24-30-20)14-7-8-14)21-19(26)15-6-5-9-25(10-15)31(27,28)17-12(3)23-29-13(17)4/h11,14-16H,5-10H2,1-4H3,(H,21,26). The molecule has 3 heterocycles. The molecule has 2 aromatic rings. The molecule has 4 rings (SSSR count). The highest BCUT2D eigenvalue weighted by Gasteiger charge is 2.38. The number of piperidine rings is 1. The fourth-order valence-electron chi connectivity index (χ4n) is 4.01. The average Bonchev–Trinajstić information content (AvgIpc) is 3.36. The quantitative estimate of drug-likeness (QED) is 0.679. The van der Waals surface area contributed by atoms with Gasteiger partial charge in [-0.05, 0) is 45.4 Å². The van der Waals surface area contributed by atoms with Crippen molar-refractivity contribution in [2.75, 3.05) is 13.1 Å². The molecule has 1 amide bonds. The van der Waals surface area contributed by atoms with E-state index in [0.717, 1.165) is 12.8 Å². The molecule has 0 spiro atoms. The highest BCUT2D eigenvalue weighted by Crippen LogP contribution is 2.39. The molecule has 170 valence electrons. The van der Waals surface area contributed by atoms with Crippen LogP contribution in [0.25, 0.3) is 0 Å². The van der Waals surface area contributed by atoms with Crippen LogP contribution in [0, 0.1) is 25.7 Å². The number of carbonyl (C=O) groups is 1. The topological polar surface area (TPSA) is 131 Å². The number of amides is 1. The molecule has 31 heavy (non-hydrogen) atoms. The van der Waals surface area contributed by atoms with E-state index in [2.05, 4.69) is 20.6 Å². The molecule has 2 atom stereocenters. The van der Waals surface area contributed by atoms with Crippen molar-refractivity contribution in [1.29, 1.82) is 0 Å². The summed E-state index contributed by atoms with van der Waals surface area (Å²) in [7, 11) is -3.79. The second-order valence-electron chi connectivity index (χ2n) is 8.85. The SMILES string of the molecule is Cc1noc(C)c1S(=O)(=O)N1CCCC(C(=O)NC(c2nc(C3CC3)no2)C(C)C)C1. The van der Waals surface area contributed by atoms with Gasteiger partial charge in [0.1, 0.15) is 16.6 Å². The third kappa shape index (κ3) is 4.38. The number of hydrogen-bond acceptors (Lipinski definition) is 8. The van der Waals surface area contributed by atoms with Gasteiger partial charge < -0.3 is 14.4 Å². The number of hydrogen-bond donors (Lipinski definition) is 1.